The van der Waals surface area contributed by atoms with Gasteiger partial charge in [0.1, 0.15) is 0 Å². The molecule has 0 unspecified atom stereocenters. The first-order valence-corrected chi connectivity index (χ1v) is 8.98. The van der Waals surface area contributed by atoms with E-state index in [2.05, 4.69) is 33.2 Å². The highest BCUT2D eigenvalue weighted by atomic mass is 127. The molecule has 0 bridgehead atoms. The molecule has 25 heavy (non-hydrogen) atoms. The van der Waals surface area contributed by atoms with Crippen molar-refractivity contribution in [1.82, 2.24) is 5.32 Å². The second-order valence-electron chi connectivity index (χ2n) is 5.65. The van der Waals surface area contributed by atoms with Crippen molar-refractivity contribution in [3.63, 3.8) is 0 Å². The van der Waals surface area contributed by atoms with Crippen molar-refractivity contribution in [2.75, 3.05) is 11.9 Å². The van der Waals surface area contributed by atoms with Gasteiger partial charge >= 0.3 is 0 Å². The Hall–Kier alpha value is -2.41. The van der Waals surface area contributed by atoms with Gasteiger partial charge in [-0.15, -0.1) is 0 Å². The quantitative estimate of drug-likeness (QED) is 0.590. The first-order chi connectivity index (χ1) is 12.1. The van der Waals surface area contributed by atoms with Gasteiger partial charge in [-0.3, -0.25) is 9.59 Å². The van der Waals surface area contributed by atoms with E-state index >= 15 is 0 Å². The topological polar surface area (TPSA) is 58.2 Å². The molecule has 0 aliphatic heterocycles. The molecule has 126 valence electrons. The van der Waals surface area contributed by atoms with Crippen molar-refractivity contribution in [2.24, 2.45) is 0 Å². The second kappa shape index (κ2) is 8.11. The highest BCUT2D eigenvalue weighted by Gasteiger charge is 2.09. The van der Waals surface area contributed by atoms with E-state index in [0.29, 0.717) is 5.69 Å². The van der Waals surface area contributed by atoms with Crippen molar-refractivity contribution in [3.05, 3.63) is 75.9 Å². The molecule has 3 aromatic carbocycles. The van der Waals surface area contributed by atoms with E-state index in [4.69, 9.17) is 0 Å². The molecule has 0 aliphatic carbocycles. The van der Waals surface area contributed by atoms with E-state index in [1.165, 1.54) is 0 Å². The van der Waals surface area contributed by atoms with Crippen LogP contribution in [-0.2, 0) is 16.0 Å². The maximum Gasteiger partial charge on any atom is 0.243 e. The third-order valence-corrected chi connectivity index (χ3v) is 4.52. The van der Waals surface area contributed by atoms with Crippen molar-refractivity contribution >= 4 is 50.9 Å². The van der Waals surface area contributed by atoms with E-state index in [0.717, 1.165) is 19.9 Å². The molecule has 3 rings (SSSR count). The van der Waals surface area contributed by atoms with Crippen LogP contribution in [0.3, 0.4) is 0 Å². The smallest absolute Gasteiger partial charge is 0.243 e. The summed E-state index contributed by atoms with van der Waals surface area (Å²) in [6, 6.07) is 21.3. The van der Waals surface area contributed by atoms with Crippen LogP contribution in [0.1, 0.15) is 5.56 Å². The predicted octanol–water partition coefficient (Wildman–Crippen LogP) is 3.74. The van der Waals surface area contributed by atoms with Crippen LogP contribution in [0.25, 0.3) is 10.8 Å². The summed E-state index contributed by atoms with van der Waals surface area (Å²) in [4.78, 5) is 24.1. The molecule has 0 heterocycles. The zero-order chi connectivity index (χ0) is 17.6. The number of carbonyl (C=O) groups excluding carboxylic acids is 2. The van der Waals surface area contributed by atoms with Gasteiger partial charge in [0.05, 0.1) is 13.0 Å². The van der Waals surface area contributed by atoms with Gasteiger partial charge in [-0.2, -0.15) is 0 Å². The summed E-state index contributed by atoms with van der Waals surface area (Å²) < 4.78 is 1.10. The summed E-state index contributed by atoms with van der Waals surface area (Å²) in [5.41, 5.74) is 1.67. The van der Waals surface area contributed by atoms with Gasteiger partial charge in [0, 0.05) is 9.26 Å². The minimum Gasteiger partial charge on any atom is -0.347 e. The molecule has 0 aliphatic rings. The Balaban J connectivity index is 1.55. The summed E-state index contributed by atoms with van der Waals surface area (Å²) >= 11 is 2.20. The molecule has 0 aromatic heterocycles. The number of rotatable bonds is 5. The van der Waals surface area contributed by atoms with Crippen LogP contribution < -0.4 is 10.6 Å². The number of halogens is 1. The van der Waals surface area contributed by atoms with E-state index in [-0.39, 0.29) is 24.8 Å². The van der Waals surface area contributed by atoms with Crippen LogP contribution in [0.4, 0.5) is 5.69 Å². The van der Waals surface area contributed by atoms with Gasteiger partial charge in [0.15, 0.2) is 0 Å². The fourth-order valence-electron chi connectivity index (χ4n) is 2.60. The first kappa shape index (κ1) is 17.4. The maximum atomic E-state index is 12.2. The zero-order valence-electron chi connectivity index (χ0n) is 13.5. The Morgan fingerprint density at radius 1 is 0.840 bits per heavy atom. The second-order valence-corrected chi connectivity index (χ2v) is 6.89. The molecule has 2 amide bonds. The normalized spacial score (nSPS) is 10.4. The first-order valence-electron chi connectivity index (χ1n) is 7.90. The highest BCUT2D eigenvalue weighted by molar-refractivity contribution is 14.1. The Morgan fingerprint density at radius 3 is 2.36 bits per heavy atom. The molecule has 0 radical (unpaired) electrons. The van der Waals surface area contributed by atoms with Crippen LogP contribution in [0.2, 0.25) is 0 Å². The molecule has 0 spiro atoms. The number of hydrogen-bond donors (Lipinski definition) is 2. The van der Waals surface area contributed by atoms with Gasteiger partial charge < -0.3 is 10.6 Å². The van der Waals surface area contributed by atoms with Gasteiger partial charge in [0.25, 0.3) is 0 Å². The van der Waals surface area contributed by atoms with E-state index in [1.54, 1.807) is 0 Å². The lowest BCUT2D eigenvalue weighted by Crippen LogP contribution is -2.33. The number of carbonyl (C=O) groups is 2. The molecule has 5 heteroatoms. The molecule has 0 fully saturated rings. The average Bonchev–Trinajstić information content (AvgIpc) is 2.62. The third kappa shape index (κ3) is 4.79. The number of fused-ring (bicyclic) bond motifs is 1. The lowest BCUT2D eigenvalue weighted by Gasteiger charge is -2.09. The van der Waals surface area contributed by atoms with Crippen LogP contribution in [0, 0.1) is 3.57 Å². The summed E-state index contributed by atoms with van der Waals surface area (Å²) in [7, 11) is 0. The minimum absolute atomic E-state index is 0.0460. The minimum atomic E-state index is -0.243. The molecule has 3 aromatic rings. The van der Waals surface area contributed by atoms with Gasteiger partial charge in [0.2, 0.25) is 11.8 Å². The maximum absolute atomic E-state index is 12.2. The Labute approximate surface area is 159 Å². The molecular weight excluding hydrogens is 427 g/mol. The summed E-state index contributed by atoms with van der Waals surface area (Å²) in [5, 5.41) is 7.60. The van der Waals surface area contributed by atoms with Gasteiger partial charge in [-0.25, -0.2) is 0 Å². The van der Waals surface area contributed by atoms with Gasteiger partial charge in [-0.05, 0) is 63.2 Å². The Morgan fingerprint density at radius 2 is 1.56 bits per heavy atom. The van der Waals surface area contributed by atoms with Crippen LogP contribution in [-0.4, -0.2) is 18.4 Å². The lowest BCUT2D eigenvalue weighted by molar-refractivity contribution is -0.123. The van der Waals surface area contributed by atoms with Crippen LogP contribution >= 0.6 is 22.6 Å². The Kier molecular flexibility index (Phi) is 5.65. The van der Waals surface area contributed by atoms with Gasteiger partial charge in [-0.1, -0.05) is 42.5 Å². The fourth-order valence-corrected chi connectivity index (χ4v) is 2.96. The zero-order valence-corrected chi connectivity index (χ0v) is 15.6. The molecule has 2 N–H and O–H groups in total. The average molecular weight is 444 g/mol. The van der Waals surface area contributed by atoms with Crippen molar-refractivity contribution in [3.8, 4) is 0 Å². The predicted molar refractivity (Wildman–Crippen MR) is 108 cm³/mol. The monoisotopic (exact) mass is 444 g/mol. The van der Waals surface area contributed by atoms with Crippen molar-refractivity contribution < 1.29 is 9.59 Å². The molecule has 4 nitrogen and oxygen atoms in total. The third-order valence-electron chi connectivity index (χ3n) is 3.81. The number of nitrogens with one attached hydrogen (secondary N) is 2. The van der Waals surface area contributed by atoms with E-state index in [1.807, 2.05) is 66.7 Å². The molecule has 0 saturated heterocycles. The van der Waals surface area contributed by atoms with Crippen LogP contribution in [0.5, 0.6) is 0 Å². The number of hydrogen-bond acceptors (Lipinski definition) is 2. The SMILES string of the molecule is O=C(Cc1cccc2ccccc12)NCC(=O)Nc1ccc(I)cc1. The number of anilines is 1. The van der Waals surface area contributed by atoms with E-state index < -0.39 is 0 Å². The van der Waals surface area contributed by atoms with Crippen LogP contribution in [0.15, 0.2) is 66.7 Å². The fraction of sp³-hybridized carbons (Fsp3) is 0.100. The highest BCUT2D eigenvalue weighted by Crippen LogP contribution is 2.18. The summed E-state index contributed by atoms with van der Waals surface area (Å²) in [5.74, 6) is -0.415. The Bertz CT molecular complexity index is 902. The summed E-state index contributed by atoms with van der Waals surface area (Å²) in [6.07, 6.45) is 0.248. The molecule has 0 atom stereocenters. The van der Waals surface area contributed by atoms with Crippen molar-refractivity contribution in [1.29, 1.82) is 0 Å². The number of benzene rings is 3. The molecular formula is C20H17IN2O2. The largest absolute Gasteiger partial charge is 0.347 e. The summed E-state index contributed by atoms with van der Waals surface area (Å²) in [6.45, 7) is -0.0460. The van der Waals surface area contributed by atoms with E-state index in [9.17, 15) is 9.59 Å². The number of amides is 2. The van der Waals surface area contributed by atoms with Crippen molar-refractivity contribution in [2.45, 2.75) is 6.42 Å². The lowest BCUT2D eigenvalue weighted by atomic mass is 10.0. The standard InChI is InChI=1S/C20H17IN2O2/c21-16-8-10-17(11-9-16)23-20(25)13-22-19(24)12-15-6-3-5-14-4-1-2-7-18(14)15/h1-11H,12-13H2,(H,22,24)(H,23,25). The molecule has 0 saturated carbocycles.